The molecule has 4 nitrogen and oxygen atoms in total. The average molecular weight is 294 g/mol. The molecule has 1 fully saturated rings. The van der Waals surface area contributed by atoms with Crippen molar-refractivity contribution in [2.24, 2.45) is 0 Å². The van der Waals surface area contributed by atoms with Crippen molar-refractivity contribution in [2.75, 3.05) is 24.7 Å². The molecule has 1 aromatic heterocycles. The Morgan fingerprint density at radius 3 is 2.90 bits per heavy atom. The van der Waals surface area contributed by atoms with E-state index in [0.29, 0.717) is 18.0 Å². The number of anilines is 1. The third-order valence-corrected chi connectivity index (χ3v) is 5.25. The zero-order valence-corrected chi connectivity index (χ0v) is 13.0. The second-order valence-corrected chi connectivity index (χ2v) is 6.34. The second kappa shape index (κ2) is 6.97. The van der Waals surface area contributed by atoms with Crippen LogP contribution >= 0.6 is 11.8 Å². The highest BCUT2D eigenvalue weighted by Crippen LogP contribution is 2.40. The Morgan fingerprint density at radius 2 is 2.25 bits per heavy atom. The summed E-state index contributed by atoms with van der Waals surface area (Å²) in [4.78, 5) is 16.2. The number of carbonyl (C=O) groups is 1. The van der Waals surface area contributed by atoms with Crippen LogP contribution in [0, 0.1) is 0 Å². The van der Waals surface area contributed by atoms with Gasteiger partial charge in [0.2, 0.25) is 0 Å². The minimum absolute atomic E-state index is 0.281. The Balaban J connectivity index is 2.07. The predicted molar refractivity (Wildman–Crippen MR) is 83.4 cm³/mol. The lowest BCUT2D eigenvalue weighted by Gasteiger charge is -2.27. The van der Waals surface area contributed by atoms with Gasteiger partial charge in [0.05, 0.1) is 6.61 Å². The van der Waals surface area contributed by atoms with E-state index in [9.17, 15) is 4.79 Å². The number of hydrogen-bond acceptors (Lipinski definition) is 5. The maximum Gasteiger partial charge on any atom is 0.341 e. The molecule has 1 aromatic rings. The lowest BCUT2D eigenvalue weighted by atomic mass is 10.1. The molecular formula is C15H22N2O2S. The van der Waals surface area contributed by atoms with E-state index in [2.05, 4.69) is 16.6 Å². The monoisotopic (exact) mass is 294 g/mol. The number of pyridine rings is 1. The van der Waals surface area contributed by atoms with Crippen LogP contribution in [0.4, 0.5) is 5.82 Å². The van der Waals surface area contributed by atoms with Gasteiger partial charge >= 0.3 is 5.97 Å². The summed E-state index contributed by atoms with van der Waals surface area (Å²) in [7, 11) is 0. The first-order chi connectivity index (χ1) is 9.71. The molecule has 0 bridgehead atoms. The molecule has 110 valence electrons. The van der Waals surface area contributed by atoms with Crippen molar-refractivity contribution in [3.63, 3.8) is 0 Å². The van der Waals surface area contributed by atoms with Crippen molar-refractivity contribution in [3.05, 3.63) is 23.9 Å². The molecule has 0 atom stereocenters. The summed E-state index contributed by atoms with van der Waals surface area (Å²) in [6, 6.07) is 3.52. The Morgan fingerprint density at radius 1 is 1.50 bits per heavy atom. The van der Waals surface area contributed by atoms with Crippen molar-refractivity contribution in [1.82, 2.24) is 4.98 Å². The van der Waals surface area contributed by atoms with Gasteiger partial charge in [-0.1, -0.05) is 12.8 Å². The minimum atomic E-state index is -0.312. The number of carbonyl (C=O) groups excluding carboxylic acids is 1. The zero-order chi connectivity index (χ0) is 14.4. The second-order valence-electron chi connectivity index (χ2n) is 5.07. The largest absolute Gasteiger partial charge is 0.462 e. The van der Waals surface area contributed by atoms with Crippen molar-refractivity contribution in [2.45, 2.75) is 37.4 Å². The molecule has 5 heteroatoms. The molecule has 0 aromatic carbocycles. The van der Waals surface area contributed by atoms with Crippen LogP contribution in [0.5, 0.6) is 0 Å². The molecule has 2 rings (SSSR count). The quantitative estimate of drug-likeness (QED) is 0.815. The molecule has 0 unspecified atom stereocenters. The third kappa shape index (κ3) is 3.45. The van der Waals surface area contributed by atoms with Crippen LogP contribution < -0.4 is 5.32 Å². The van der Waals surface area contributed by atoms with E-state index in [-0.39, 0.29) is 10.7 Å². The Hall–Kier alpha value is -1.23. The zero-order valence-electron chi connectivity index (χ0n) is 12.1. The Bertz CT molecular complexity index is 459. The number of hydrogen-bond donors (Lipinski definition) is 1. The molecule has 1 heterocycles. The molecule has 20 heavy (non-hydrogen) atoms. The van der Waals surface area contributed by atoms with Crippen LogP contribution in [0.1, 0.15) is 43.0 Å². The summed E-state index contributed by atoms with van der Waals surface area (Å²) in [5.41, 5.74) is 0.517. The highest BCUT2D eigenvalue weighted by atomic mass is 32.2. The fourth-order valence-corrected chi connectivity index (χ4v) is 3.55. The van der Waals surface area contributed by atoms with Crippen LogP contribution in [0.25, 0.3) is 0 Å². The normalized spacial score (nSPS) is 16.9. The smallest absolute Gasteiger partial charge is 0.341 e. The van der Waals surface area contributed by atoms with Gasteiger partial charge in [-0.15, -0.1) is 0 Å². The molecule has 0 saturated heterocycles. The number of ether oxygens (including phenoxy) is 1. The van der Waals surface area contributed by atoms with E-state index in [0.717, 1.165) is 6.54 Å². The summed E-state index contributed by atoms with van der Waals surface area (Å²) in [5, 5.41) is 3.35. The topological polar surface area (TPSA) is 51.2 Å². The lowest BCUT2D eigenvalue weighted by molar-refractivity contribution is 0.0527. The van der Waals surface area contributed by atoms with E-state index in [1.54, 1.807) is 18.3 Å². The van der Waals surface area contributed by atoms with E-state index < -0.39 is 0 Å². The highest BCUT2D eigenvalue weighted by Gasteiger charge is 2.33. The van der Waals surface area contributed by atoms with Crippen molar-refractivity contribution >= 4 is 23.5 Å². The molecule has 1 N–H and O–H groups in total. The van der Waals surface area contributed by atoms with Gasteiger partial charge < -0.3 is 10.1 Å². The van der Waals surface area contributed by atoms with Crippen molar-refractivity contribution < 1.29 is 9.53 Å². The van der Waals surface area contributed by atoms with Gasteiger partial charge in [-0.3, -0.25) is 0 Å². The van der Waals surface area contributed by atoms with Gasteiger partial charge in [-0.05, 0) is 38.2 Å². The van der Waals surface area contributed by atoms with E-state index >= 15 is 0 Å². The maximum atomic E-state index is 11.9. The number of nitrogens with one attached hydrogen (secondary N) is 1. The number of aromatic nitrogens is 1. The molecule has 1 aliphatic carbocycles. The first-order valence-electron chi connectivity index (χ1n) is 7.12. The lowest BCUT2D eigenvalue weighted by Crippen LogP contribution is -2.30. The van der Waals surface area contributed by atoms with E-state index in [1.807, 2.05) is 18.7 Å². The summed E-state index contributed by atoms with van der Waals surface area (Å²) in [6.45, 7) is 3.03. The Labute approximate surface area is 124 Å². The molecule has 0 spiro atoms. The van der Waals surface area contributed by atoms with Gasteiger partial charge in [0.1, 0.15) is 11.4 Å². The first kappa shape index (κ1) is 15.2. The predicted octanol–water partition coefficient (Wildman–Crippen LogP) is 3.35. The molecule has 1 saturated carbocycles. The summed E-state index contributed by atoms with van der Waals surface area (Å²) < 4.78 is 5.35. The maximum absolute atomic E-state index is 11.9. The number of esters is 1. The molecule has 0 aliphatic heterocycles. The summed E-state index contributed by atoms with van der Waals surface area (Å²) >= 11 is 1.92. The van der Waals surface area contributed by atoms with Gasteiger partial charge in [0.25, 0.3) is 0 Å². The number of thioether (sulfide) groups is 1. The summed E-state index contributed by atoms with van der Waals surface area (Å²) in [6.07, 6.45) is 8.89. The van der Waals surface area contributed by atoms with Crippen molar-refractivity contribution in [3.8, 4) is 0 Å². The summed E-state index contributed by atoms with van der Waals surface area (Å²) in [5.74, 6) is 0.319. The van der Waals surface area contributed by atoms with Crippen LogP contribution in [-0.2, 0) is 4.74 Å². The van der Waals surface area contributed by atoms with Crippen LogP contribution in [0.3, 0.4) is 0 Å². The average Bonchev–Trinajstić information content (AvgIpc) is 2.95. The van der Waals surface area contributed by atoms with Gasteiger partial charge in [0, 0.05) is 17.5 Å². The minimum Gasteiger partial charge on any atom is -0.462 e. The van der Waals surface area contributed by atoms with Gasteiger partial charge in [0.15, 0.2) is 0 Å². The standard InChI is InChI=1S/C15H22N2O2S/c1-3-19-14(18)12-7-6-10-16-13(12)17-11-15(20-2)8-4-5-9-15/h6-7,10H,3-5,8-9,11H2,1-2H3,(H,16,17). The van der Waals surface area contributed by atoms with Crippen molar-refractivity contribution in [1.29, 1.82) is 0 Å². The first-order valence-corrected chi connectivity index (χ1v) is 8.34. The number of nitrogens with zero attached hydrogens (tertiary/aromatic N) is 1. The van der Waals surface area contributed by atoms with Gasteiger partial charge in [-0.2, -0.15) is 11.8 Å². The SMILES string of the molecule is CCOC(=O)c1cccnc1NCC1(SC)CCCC1. The molecule has 1 aliphatic rings. The fourth-order valence-electron chi connectivity index (χ4n) is 2.64. The third-order valence-electron chi connectivity index (χ3n) is 3.83. The van der Waals surface area contributed by atoms with Crippen LogP contribution in [-0.4, -0.2) is 35.1 Å². The molecule has 0 amide bonds. The van der Waals surface area contributed by atoms with Crippen LogP contribution in [0.2, 0.25) is 0 Å². The number of rotatable bonds is 6. The highest BCUT2D eigenvalue weighted by molar-refractivity contribution is 8.00. The van der Waals surface area contributed by atoms with E-state index in [4.69, 9.17) is 4.74 Å². The van der Waals surface area contributed by atoms with E-state index in [1.165, 1.54) is 25.7 Å². The fraction of sp³-hybridized carbons (Fsp3) is 0.600. The molecular weight excluding hydrogens is 272 g/mol. The molecule has 0 radical (unpaired) electrons. The van der Waals surface area contributed by atoms with Crippen LogP contribution in [0.15, 0.2) is 18.3 Å². The Kier molecular flexibility index (Phi) is 5.29. The van der Waals surface area contributed by atoms with Gasteiger partial charge in [-0.25, -0.2) is 9.78 Å².